The molecule has 5 nitrogen and oxygen atoms in total. The topological polar surface area (TPSA) is 55.8 Å². The quantitative estimate of drug-likeness (QED) is 0.364. The molecule has 0 saturated carbocycles. The largest absolute Gasteiger partial charge is 0.490 e. The van der Waals surface area contributed by atoms with E-state index in [1.165, 1.54) is 4.90 Å². The second-order valence-electron chi connectivity index (χ2n) is 7.35. The molecule has 1 heterocycles. The van der Waals surface area contributed by atoms with E-state index in [9.17, 15) is 9.59 Å². The minimum absolute atomic E-state index is 0.178. The number of carbonyl (C=O) groups excluding carboxylic acids is 2. The van der Waals surface area contributed by atoms with Crippen LogP contribution in [0.1, 0.15) is 37.5 Å². The van der Waals surface area contributed by atoms with E-state index in [1.54, 1.807) is 12.2 Å². The van der Waals surface area contributed by atoms with E-state index >= 15 is 0 Å². The van der Waals surface area contributed by atoms with E-state index in [-0.39, 0.29) is 17.2 Å². The highest BCUT2D eigenvalue weighted by Gasteiger charge is 2.36. The van der Waals surface area contributed by atoms with Crippen molar-refractivity contribution >= 4 is 29.0 Å². The van der Waals surface area contributed by atoms with Crippen molar-refractivity contribution in [3.8, 4) is 11.5 Å². The minimum atomic E-state index is -0.266. The van der Waals surface area contributed by atoms with Crippen LogP contribution in [-0.4, -0.2) is 28.7 Å². The Bertz CT molecular complexity index is 998. The third kappa shape index (κ3) is 5.39. The van der Waals surface area contributed by atoms with Gasteiger partial charge in [0.05, 0.1) is 11.5 Å². The molecule has 1 saturated heterocycles. The minimum Gasteiger partial charge on any atom is -0.490 e. The number of rotatable bonds is 9. The highest BCUT2D eigenvalue weighted by atomic mass is 32.2. The molecule has 0 N–H and O–H groups in total. The zero-order valence-electron chi connectivity index (χ0n) is 18.1. The SMILES string of the molecule is C=CCc1cc(/C=C2/SC(=O)N(C(C)C)C2=O)cc(OCC)c1OCc1ccccc1. The number of nitrogens with zero attached hydrogens (tertiary/aromatic N) is 1. The van der Waals surface area contributed by atoms with Crippen molar-refractivity contribution in [2.75, 3.05) is 6.61 Å². The third-order valence-corrected chi connectivity index (χ3v) is 5.57. The highest BCUT2D eigenvalue weighted by Crippen LogP contribution is 2.38. The van der Waals surface area contributed by atoms with Gasteiger partial charge in [0.15, 0.2) is 11.5 Å². The van der Waals surface area contributed by atoms with Gasteiger partial charge in [0, 0.05) is 11.6 Å². The Hall–Kier alpha value is -2.99. The van der Waals surface area contributed by atoms with Crippen LogP contribution in [0.5, 0.6) is 11.5 Å². The van der Waals surface area contributed by atoms with Gasteiger partial charge < -0.3 is 9.47 Å². The molecule has 2 aromatic rings. The van der Waals surface area contributed by atoms with Crippen molar-refractivity contribution in [3.05, 3.63) is 76.7 Å². The van der Waals surface area contributed by atoms with Gasteiger partial charge in [-0.3, -0.25) is 14.5 Å². The predicted octanol–water partition coefficient (Wildman–Crippen LogP) is 5.84. The Morgan fingerprint density at radius 3 is 2.48 bits per heavy atom. The lowest BCUT2D eigenvalue weighted by Gasteiger charge is -2.17. The van der Waals surface area contributed by atoms with Crippen LogP contribution < -0.4 is 9.47 Å². The summed E-state index contributed by atoms with van der Waals surface area (Å²) in [7, 11) is 0. The highest BCUT2D eigenvalue weighted by molar-refractivity contribution is 8.18. The molecule has 0 spiro atoms. The summed E-state index contributed by atoms with van der Waals surface area (Å²) in [6, 6.07) is 13.5. The van der Waals surface area contributed by atoms with Crippen LogP contribution in [0.2, 0.25) is 0 Å². The third-order valence-electron chi connectivity index (χ3n) is 4.68. The fraction of sp³-hybridized carbons (Fsp3) is 0.280. The summed E-state index contributed by atoms with van der Waals surface area (Å²) in [6.45, 7) is 10.3. The van der Waals surface area contributed by atoms with Crippen molar-refractivity contribution in [2.45, 2.75) is 39.8 Å². The standard InChI is InChI=1S/C25H27NO4S/c1-5-10-20-13-19(15-22-24(27)26(17(3)4)25(28)31-22)14-21(29-6-2)23(20)30-16-18-11-8-7-9-12-18/h5,7-9,11-15,17H,1,6,10,16H2,2-4H3/b22-15+. The molecule has 0 aromatic heterocycles. The van der Waals surface area contributed by atoms with Gasteiger partial charge in [0.25, 0.3) is 11.1 Å². The van der Waals surface area contributed by atoms with E-state index in [2.05, 4.69) is 6.58 Å². The van der Waals surface area contributed by atoms with Crippen LogP contribution in [0.15, 0.2) is 60.0 Å². The Balaban J connectivity index is 1.96. The molecule has 6 heteroatoms. The van der Waals surface area contributed by atoms with Gasteiger partial charge in [-0.05, 0) is 68.3 Å². The predicted molar refractivity (Wildman–Crippen MR) is 125 cm³/mol. The molecule has 162 valence electrons. The van der Waals surface area contributed by atoms with Crippen molar-refractivity contribution in [1.29, 1.82) is 0 Å². The molecule has 31 heavy (non-hydrogen) atoms. The number of carbonyl (C=O) groups is 2. The Labute approximate surface area is 187 Å². The van der Waals surface area contributed by atoms with E-state index in [0.29, 0.717) is 36.0 Å². The maximum absolute atomic E-state index is 12.7. The second kappa shape index (κ2) is 10.4. The zero-order chi connectivity index (χ0) is 22.4. The molecule has 1 fully saturated rings. The number of benzene rings is 2. The molecule has 2 aromatic carbocycles. The normalized spacial score (nSPS) is 15.1. The van der Waals surface area contributed by atoms with Crippen molar-refractivity contribution in [3.63, 3.8) is 0 Å². The van der Waals surface area contributed by atoms with Gasteiger partial charge in [-0.25, -0.2) is 0 Å². The average molecular weight is 438 g/mol. The lowest BCUT2D eigenvalue weighted by Crippen LogP contribution is -2.34. The summed E-state index contributed by atoms with van der Waals surface area (Å²) < 4.78 is 12.0. The van der Waals surface area contributed by atoms with Crippen LogP contribution >= 0.6 is 11.8 Å². The molecular weight excluding hydrogens is 410 g/mol. The first-order valence-electron chi connectivity index (χ1n) is 10.3. The van der Waals surface area contributed by atoms with Crippen molar-refractivity contribution in [2.24, 2.45) is 0 Å². The number of imide groups is 1. The number of hydrogen-bond donors (Lipinski definition) is 0. The molecule has 3 rings (SSSR count). The van der Waals surface area contributed by atoms with Gasteiger partial charge in [0.1, 0.15) is 6.61 Å². The van der Waals surface area contributed by atoms with Gasteiger partial charge in [-0.1, -0.05) is 36.4 Å². The molecule has 0 bridgehead atoms. The van der Waals surface area contributed by atoms with E-state index in [1.807, 2.05) is 63.2 Å². The fourth-order valence-corrected chi connectivity index (χ4v) is 4.27. The van der Waals surface area contributed by atoms with E-state index in [0.717, 1.165) is 28.5 Å². The number of allylic oxidation sites excluding steroid dienone is 1. The summed E-state index contributed by atoms with van der Waals surface area (Å²) in [6.07, 6.45) is 4.12. The zero-order valence-corrected chi connectivity index (χ0v) is 18.9. The fourth-order valence-electron chi connectivity index (χ4n) is 3.31. The Morgan fingerprint density at radius 2 is 1.87 bits per heavy atom. The molecular formula is C25H27NO4S. The maximum Gasteiger partial charge on any atom is 0.293 e. The molecule has 0 radical (unpaired) electrons. The summed E-state index contributed by atoms with van der Waals surface area (Å²) in [5.41, 5.74) is 2.74. The van der Waals surface area contributed by atoms with Gasteiger partial charge in [-0.2, -0.15) is 0 Å². The van der Waals surface area contributed by atoms with Crippen LogP contribution in [0.25, 0.3) is 6.08 Å². The molecule has 0 aliphatic carbocycles. The summed E-state index contributed by atoms with van der Waals surface area (Å²) >= 11 is 0.961. The van der Waals surface area contributed by atoms with Gasteiger partial charge >= 0.3 is 0 Å². The molecule has 1 aliphatic heterocycles. The molecule has 2 amide bonds. The molecule has 1 aliphatic rings. The van der Waals surface area contributed by atoms with Crippen LogP contribution in [0, 0.1) is 0 Å². The van der Waals surface area contributed by atoms with Crippen molar-refractivity contribution < 1.29 is 19.1 Å². The number of hydrogen-bond acceptors (Lipinski definition) is 5. The number of ether oxygens (including phenoxy) is 2. The first-order valence-corrected chi connectivity index (χ1v) is 11.1. The Kier molecular flexibility index (Phi) is 7.58. The lowest BCUT2D eigenvalue weighted by atomic mass is 10.0. The number of thioether (sulfide) groups is 1. The summed E-state index contributed by atoms with van der Waals surface area (Å²) in [5.74, 6) is 1.00. The molecule has 0 atom stereocenters. The Morgan fingerprint density at radius 1 is 1.13 bits per heavy atom. The van der Waals surface area contributed by atoms with E-state index in [4.69, 9.17) is 9.47 Å². The second-order valence-corrected chi connectivity index (χ2v) is 8.35. The smallest absolute Gasteiger partial charge is 0.293 e. The van der Waals surface area contributed by atoms with Gasteiger partial charge in [-0.15, -0.1) is 6.58 Å². The van der Waals surface area contributed by atoms with E-state index < -0.39 is 0 Å². The molecule has 0 unspecified atom stereocenters. The van der Waals surface area contributed by atoms with Gasteiger partial charge in [0.2, 0.25) is 0 Å². The first-order chi connectivity index (χ1) is 14.9. The van der Waals surface area contributed by atoms with Crippen LogP contribution in [0.4, 0.5) is 4.79 Å². The summed E-state index contributed by atoms with van der Waals surface area (Å²) in [4.78, 5) is 26.5. The first kappa shape index (κ1) is 22.7. The van der Waals surface area contributed by atoms with Crippen LogP contribution in [0.3, 0.4) is 0 Å². The maximum atomic E-state index is 12.7. The number of amides is 2. The van der Waals surface area contributed by atoms with Crippen molar-refractivity contribution in [1.82, 2.24) is 4.90 Å². The monoisotopic (exact) mass is 437 g/mol. The summed E-state index contributed by atoms with van der Waals surface area (Å²) in [5, 5.41) is -0.245. The lowest BCUT2D eigenvalue weighted by molar-refractivity contribution is -0.123. The average Bonchev–Trinajstić information content (AvgIpc) is 3.01. The van der Waals surface area contributed by atoms with Crippen LogP contribution in [-0.2, 0) is 17.8 Å².